The van der Waals surface area contributed by atoms with Crippen molar-refractivity contribution in [3.05, 3.63) is 28.0 Å². The van der Waals surface area contributed by atoms with Crippen molar-refractivity contribution in [1.82, 2.24) is 5.43 Å². The molecule has 1 heterocycles. The number of carbonyl (C=O) groups excluding carboxylic acids is 1. The molecule has 0 radical (unpaired) electrons. The topological polar surface area (TPSA) is 75.3 Å². The Hall–Kier alpha value is -1.17. The van der Waals surface area contributed by atoms with Crippen molar-refractivity contribution in [2.24, 2.45) is 5.84 Å². The maximum Gasteiger partial charge on any atom is 0.275 e. The van der Waals surface area contributed by atoms with E-state index in [2.05, 4.69) is 5.43 Å². The van der Waals surface area contributed by atoms with E-state index >= 15 is 0 Å². The highest BCUT2D eigenvalue weighted by Crippen LogP contribution is 2.17. The normalized spacial score (nSPS) is 10.7. The van der Waals surface area contributed by atoms with Crippen LogP contribution in [-0.2, 0) is 0 Å². The fourth-order valence-electron chi connectivity index (χ4n) is 0.910. The Bertz CT molecular complexity index is 333. The number of aliphatic hydroxyl groups is 1. The van der Waals surface area contributed by atoms with E-state index in [0.717, 1.165) is 4.88 Å². The number of thiophene rings is 1. The molecule has 76 valence electrons. The van der Waals surface area contributed by atoms with Crippen LogP contribution in [-0.4, -0.2) is 17.6 Å². The summed E-state index contributed by atoms with van der Waals surface area (Å²) in [5, 5.41) is 8.55. The number of nitrogens with two attached hydrogens (primary N) is 1. The average molecular weight is 212 g/mol. The first-order valence-electron chi connectivity index (χ1n) is 4.16. The number of carbonyl (C=O) groups is 1. The van der Waals surface area contributed by atoms with Crippen molar-refractivity contribution in [2.45, 2.75) is 6.42 Å². The van der Waals surface area contributed by atoms with Gasteiger partial charge in [-0.05, 0) is 24.6 Å². The van der Waals surface area contributed by atoms with E-state index in [1.165, 1.54) is 11.3 Å². The molecule has 0 aliphatic heterocycles. The molecule has 0 atom stereocenters. The van der Waals surface area contributed by atoms with Crippen LogP contribution >= 0.6 is 11.3 Å². The van der Waals surface area contributed by atoms with Gasteiger partial charge in [-0.15, -0.1) is 11.3 Å². The lowest BCUT2D eigenvalue weighted by atomic mass is 10.3. The lowest BCUT2D eigenvalue weighted by Gasteiger charge is -1.91. The second-order valence-corrected chi connectivity index (χ2v) is 3.71. The molecule has 1 rings (SSSR count). The molecule has 0 bridgehead atoms. The van der Waals surface area contributed by atoms with Gasteiger partial charge in [-0.1, -0.05) is 6.08 Å². The maximum atomic E-state index is 11.1. The summed E-state index contributed by atoms with van der Waals surface area (Å²) < 4.78 is 0. The summed E-state index contributed by atoms with van der Waals surface area (Å²) >= 11 is 1.36. The fourth-order valence-corrected chi connectivity index (χ4v) is 1.75. The van der Waals surface area contributed by atoms with E-state index in [1.54, 1.807) is 6.07 Å². The van der Waals surface area contributed by atoms with Crippen LogP contribution in [0.5, 0.6) is 0 Å². The number of hydrazine groups is 1. The molecule has 4 nitrogen and oxygen atoms in total. The van der Waals surface area contributed by atoms with Crippen LogP contribution in [0.25, 0.3) is 6.08 Å². The van der Waals surface area contributed by atoms with E-state index in [-0.39, 0.29) is 12.5 Å². The molecule has 5 heteroatoms. The van der Waals surface area contributed by atoms with Crippen LogP contribution in [0, 0.1) is 0 Å². The molecule has 0 aliphatic carbocycles. The number of hydrogen-bond acceptors (Lipinski definition) is 4. The van der Waals surface area contributed by atoms with Crippen LogP contribution < -0.4 is 11.3 Å². The van der Waals surface area contributed by atoms with Gasteiger partial charge < -0.3 is 5.11 Å². The van der Waals surface area contributed by atoms with Gasteiger partial charge >= 0.3 is 0 Å². The Labute approximate surface area is 86.0 Å². The molecule has 0 aromatic carbocycles. The van der Waals surface area contributed by atoms with Crippen LogP contribution in [0.1, 0.15) is 21.0 Å². The predicted octanol–water partition coefficient (Wildman–Crippen LogP) is 0.747. The minimum Gasteiger partial charge on any atom is -0.396 e. The molecular weight excluding hydrogens is 200 g/mol. The molecule has 4 N–H and O–H groups in total. The Morgan fingerprint density at radius 2 is 2.43 bits per heavy atom. The first-order valence-corrected chi connectivity index (χ1v) is 4.97. The van der Waals surface area contributed by atoms with Crippen molar-refractivity contribution in [1.29, 1.82) is 0 Å². The third kappa shape index (κ3) is 2.95. The molecule has 0 saturated heterocycles. The smallest absolute Gasteiger partial charge is 0.275 e. The summed E-state index contributed by atoms with van der Waals surface area (Å²) in [5.41, 5.74) is 2.07. The summed E-state index contributed by atoms with van der Waals surface area (Å²) in [6.45, 7) is 0.137. The van der Waals surface area contributed by atoms with E-state index in [0.29, 0.717) is 11.3 Å². The number of aliphatic hydroxyl groups excluding tert-OH is 1. The zero-order valence-corrected chi connectivity index (χ0v) is 8.38. The Morgan fingerprint density at radius 3 is 3.07 bits per heavy atom. The Balaban J connectivity index is 2.63. The van der Waals surface area contributed by atoms with Crippen LogP contribution in [0.4, 0.5) is 0 Å². The van der Waals surface area contributed by atoms with E-state index in [4.69, 9.17) is 10.9 Å². The second-order valence-electron chi connectivity index (χ2n) is 2.59. The molecule has 1 amide bonds. The van der Waals surface area contributed by atoms with E-state index < -0.39 is 0 Å². The largest absolute Gasteiger partial charge is 0.396 e. The lowest BCUT2D eigenvalue weighted by molar-refractivity contribution is 0.0957. The van der Waals surface area contributed by atoms with Crippen molar-refractivity contribution >= 4 is 23.3 Å². The summed E-state index contributed by atoms with van der Waals surface area (Å²) in [5.74, 6) is 4.71. The number of nitrogens with one attached hydrogen (secondary N) is 1. The van der Waals surface area contributed by atoms with E-state index in [9.17, 15) is 4.79 Å². The number of hydrogen-bond donors (Lipinski definition) is 3. The minimum atomic E-state index is -0.281. The van der Waals surface area contributed by atoms with Gasteiger partial charge in [-0.2, -0.15) is 0 Å². The molecule has 0 aliphatic rings. The molecular formula is C9H12N2O2S. The SMILES string of the molecule is NNC(=O)c1ccc(C=CCCO)s1. The standard InChI is InChI=1S/C9H12N2O2S/c10-11-9(13)8-5-4-7(14-8)3-1-2-6-12/h1,3-5,12H,2,6,10H2,(H,11,13). The zero-order valence-electron chi connectivity index (χ0n) is 7.56. The molecule has 0 unspecified atom stereocenters. The van der Waals surface area contributed by atoms with E-state index in [1.807, 2.05) is 18.2 Å². The average Bonchev–Trinajstić information content (AvgIpc) is 2.66. The van der Waals surface area contributed by atoms with Gasteiger partial charge in [-0.3, -0.25) is 10.2 Å². The molecule has 1 aromatic heterocycles. The van der Waals surface area contributed by atoms with Crippen LogP contribution in [0.2, 0.25) is 0 Å². The fraction of sp³-hybridized carbons (Fsp3) is 0.222. The molecule has 0 fully saturated rings. The Kier molecular flexibility index (Phi) is 4.31. The molecule has 14 heavy (non-hydrogen) atoms. The van der Waals surface area contributed by atoms with Crippen molar-refractivity contribution in [3.8, 4) is 0 Å². The first kappa shape index (κ1) is 10.9. The number of nitrogen functional groups attached to an aromatic ring is 1. The van der Waals surface area contributed by atoms with Gasteiger partial charge in [0.15, 0.2) is 0 Å². The van der Waals surface area contributed by atoms with Gasteiger partial charge in [-0.25, -0.2) is 5.84 Å². The second kappa shape index (κ2) is 5.54. The van der Waals surface area contributed by atoms with Gasteiger partial charge in [0.25, 0.3) is 5.91 Å². The van der Waals surface area contributed by atoms with Crippen molar-refractivity contribution < 1.29 is 9.90 Å². The predicted molar refractivity (Wildman–Crippen MR) is 56.7 cm³/mol. The highest BCUT2D eigenvalue weighted by molar-refractivity contribution is 7.14. The molecule has 0 saturated carbocycles. The quantitative estimate of drug-likeness (QED) is 0.391. The zero-order chi connectivity index (χ0) is 10.4. The Morgan fingerprint density at radius 1 is 1.64 bits per heavy atom. The van der Waals surface area contributed by atoms with Gasteiger partial charge in [0.1, 0.15) is 0 Å². The van der Waals surface area contributed by atoms with Crippen LogP contribution in [0.15, 0.2) is 18.2 Å². The summed E-state index contributed by atoms with van der Waals surface area (Å²) in [6.07, 6.45) is 4.35. The highest BCUT2D eigenvalue weighted by Gasteiger charge is 2.05. The monoisotopic (exact) mass is 212 g/mol. The number of amides is 1. The maximum absolute atomic E-state index is 11.1. The van der Waals surface area contributed by atoms with Gasteiger partial charge in [0, 0.05) is 11.5 Å². The van der Waals surface area contributed by atoms with Gasteiger partial charge in [0.05, 0.1) is 4.88 Å². The number of rotatable bonds is 4. The third-order valence-electron chi connectivity index (χ3n) is 1.56. The van der Waals surface area contributed by atoms with Crippen molar-refractivity contribution in [3.63, 3.8) is 0 Å². The minimum absolute atomic E-state index is 0.137. The molecule has 1 aromatic rings. The first-order chi connectivity index (χ1) is 6.77. The van der Waals surface area contributed by atoms with Crippen LogP contribution in [0.3, 0.4) is 0 Å². The lowest BCUT2D eigenvalue weighted by Crippen LogP contribution is -2.29. The summed E-state index contributed by atoms with van der Waals surface area (Å²) in [6, 6.07) is 3.55. The van der Waals surface area contributed by atoms with Crippen molar-refractivity contribution in [2.75, 3.05) is 6.61 Å². The summed E-state index contributed by atoms with van der Waals surface area (Å²) in [7, 11) is 0. The molecule has 0 spiro atoms. The third-order valence-corrected chi connectivity index (χ3v) is 2.61. The summed E-state index contributed by atoms with van der Waals surface area (Å²) in [4.78, 5) is 12.6. The van der Waals surface area contributed by atoms with Gasteiger partial charge in [0.2, 0.25) is 0 Å². The highest BCUT2D eigenvalue weighted by atomic mass is 32.1.